The van der Waals surface area contributed by atoms with Gasteiger partial charge in [0.15, 0.2) is 0 Å². The molecule has 0 aromatic heterocycles. The molecule has 2 unspecified atom stereocenters. The van der Waals surface area contributed by atoms with E-state index in [-0.39, 0.29) is 5.91 Å². The summed E-state index contributed by atoms with van der Waals surface area (Å²) in [7, 11) is 0. The Morgan fingerprint density at radius 2 is 2.20 bits per heavy atom. The Balaban J connectivity index is 1.58. The van der Waals surface area contributed by atoms with Gasteiger partial charge in [0.2, 0.25) is 5.91 Å². The molecule has 108 valence electrons. The van der Waals surface area contributed by atoms with E-state index in [1.807, 2.05) is 0 Å². The molecule has 2 aliphatic rings. The predicted molar refractivity (Wildman–Crippen MR) is 80.8 cm³/mol. The average molecular weight is 272 g/mol. The summed E-state index contributed by atoms with van der Waals surface area (Å²) in [6.45, 7) is 4.21. The molecule has 3 rings (SSSR count). The minimum absolute atomic E-state index is 0.168. The highest BCUT2D eigenvalue weighted by Gasteiger charge is 2.22. The first-order valence-electron chi connectivity index (χ1n) is 7.83. The van der Waals surface area contributed by atoms with E-state index in [2.05, 4.69) is 35.8 Å². The zero-order valence-electron chi connectivity index (χ0n) is 12.2. The Hall–Kier alpha value is -1.35. The molecule has 20 heavy (non-hydrogen) atoms. The van der Waals surface area contributed by atoms with Crippen molar-refractivity contribution in [3.8, 4) is 0 Å². The molecule has 1 aliphatic heterocycles. The van der Waals surface area contributed by atoms with Crippen LogP contribution in [0, 0.1) is 5.92 Å². The molecular weight excluding hydrogens is 248 g/mol. The zero-order chi connectivity index (χ0) is 13.9. The Morgan fingerprint density at radius 3 is 3.05 bits per heavy atom. The smallest absolute Gasteiger partial charge is 0.224 e. The standard InChI is InChI=1S/C17H24N2O/c1-12-11-18-8-7-16(12)19-17(20)10-13-5-6-14-3-2-4-15(14)9-13/h5-6,9,12,16,18H,2-4,7-8,10-11H2,1H3,(H,19,20). The van der Waals surface area contributed by atoms with Crippen molar-refractivity contribution in [2.45, 2.75) is 45.1 Å². The predicted octanol–water partition coefficient (Wildman–Crippen LogP) is 1.83. The second-order valence-corrected chi connectivity index (χ2v) is 6.28. The van der Waals surface area contributed by atoms with E-state index >= 15 is 0 Å². The van der Waals surface area contributed by atoms with Gasteiger partial charge < -0.3 is 10.6 Å². The van der Waals surface area contributed by atoms with Crippen molar-refractivity contribution in [1.82, 2.24) is 10.6 Å². The second-order valence-electron chi connectivity index (χ2n) is 6.28. The van der Waals surface area contributed by atoms with E-state index in [0.717, 1.165) is 25.1 Å². The summed E-state index contributed by atoms with van der Waals surface area (Å²) in [6, 6.07) is 6.89. The number of carbonyl (C=O) groups excluding carboxylic acids is 1. The summed E-state index contributed by atoms with van der Waals surface area (Å²) < 4.78 is 0. The number of hydrogen-bond acceptors (Lipinski definition) is 2. The van der Waals surface area contributed by atoms with Crippen molar-refractivity contribution in [2.75, 3.05) is 13.1 Å². The maximum Gasteiger partial charge on any atom is 0.224 e. The number of amides is 1. The van der Waals surface area contributed by atoms with E-state index in [4.69, 9.17) is 0 Å². The fourth-order valence-electron chi connectivity index (χ4n) is 3.41. The second kappa shape index (κ2) is 5.96. The van der Waals surface area contributed by atoms with E-state index in [1.165, 1.54) is 30.4 Å². The summed E-state index contributed by atoms with van der Waals surface area (Å²) in [4.78, 5) is 12.2. The van der Waals surface area contributed by atoms with Crippen molar-refractivity contribution in [1.29, 1.82) is 0 Å². The number of rotatable bonds is 3. The third-order valence-electron chi connectivity index (χ3n) is 4.66. The van der Waals surface area contributed by atoms with E-state index < -0.39 is 0 Å². The van der Waals surface area contributed by atoms with Crippen molar-refractivity contribution in [3.05, 3.63) is 34.9 Å². The first-order valence-corrected chi connectivity index (χ1v) is 7.83. The van der Waals surface area contributed by atoms with Crippen molar-refractivity contribution >= 4 is 5.91 Å². The molecule has 3 heteroatoms. The molecular formula is C17H24N2O. The largest absolute Gasteiger partial charge is 0.353 e. The number of aryl methyl sites for hydroxylation is 2. The van der Waals surface area contributed by atoms with Gasteiger partial charge in [-0.05, 0) is 61.4 Å². The maximum atomic E-state index is 12.2. The number of fused-ring (bicyclic) bond motifs is 1. The Kier molecular flexibility index (Phi) is 4.06. The highest BCUT2D eigenvalue weighted by Crippen LogP contribution is 2.23. The van der Waals surface area contributed by atoms with Crippen molar-refractivity contribution in [2.24, 2.45) is 5.92 Å². The van der Waals surface area contributed by atoms with Gasteiger partial charge in [0.05, 0.1) is 6.42 Å². The van der Waals surface area contributed by atoms with Gasteiger partial charge in [-0.15, -0.1) is 0 Å². The monoisotopic (exact) mass is 272 g/mol. The molecule has 0 radical (unpaired) electrons. The van der Waals surface area contributed by atoms with Crippen LogP contribution < -0.4 is 10.6 Å². The highest BCUT2D eigenvalue weighted by molar-refractivity contribution is 5.79. The molecule has 1 fully saturated rings. The van der Waals surface area contributed by atoms with Crippen LogP contribution in [-0.4, -0.2) is 25.0 Å². The minimum atomic E-state index is 0.168. The first kappa shape index (κ1) is 13.6. The summed E-state index contributed by atoms with van der Waals surface area (Å²) in [5.74, 6) is 0.689. The third kappa shape index (κ3) is 3.04. The summed E-state index contributed by atoms with van der Waals surface area (Å²) in [6.07, 6.45) is 5.20. The topological polar surface area (TPSA) is 41.1 Å². The van der Waals surface area contributed by atoms with E-state index in [9.17, 15) is 4.79 Å². The van der Waals surface area contributed by atoms with Gasteiger partial charge in [-0.3, -0.25) is 4.79 Å². The summed E-state index contributed by atoms with van der Waals surface area (Å²) in [5, 5.41) is 6.57. The van der Waals surface area contributed by atoms with Gasteiger partial charge in [0, 0.05) is 6.04 Å². The van der Waals surface area contributed by atoms with Crippen LogP contribution in [-0.2, 0) is 24.1 Å². The number of piperidine rings is 1. The quantitative estimate of drug-likeness (QED) is 0.881. The molecule has 2 atom stereocenters. The van der Waals surface area contributed by atoms with Crippen LogP contribution in [0.15, 0.2) is 18.2 Å². The van der Waals surface area contributed by atoms with Gasteiger partial charge in [0.25, 0.3) is 0 Å². The van der Waals surface area contributed by atoms with Crippen LogP contribution in [0.2, 0.25) is 0 Å². The van der Waals surface area contributed by atoms with Crippen molar-refractivity contribution in [3.63, 3.8) is 0 Å². The molecule has 0 bridgehead atoms. The third-order valence-corrected chi connectivity index (χ3v) is 4.66. The van der Waals surface area contributed by atoms with Crippen LogP contribution in [0.3, 0.4) is 0 Å². The highest BCUT2D eigenvalue weighted by atomic mass is 16.1. The number of nitrogens with one attached hydrogen (secondary N) is 2. The normalized spacial score (nSPS) is 25.2. The average Bonchev–Trinajstić information content (AvgIpc) is 2.89. The van der Waals surface area contributed by atoms with Gasteiger partial charge in [0.1, 0.15) is 0 Å². The zero-order valence-corrected chi connectivity index (χ0v) is 12.2. The molecule has 2 N–H and O–H groups in total. The number of carbonyl (C=O) groups is 1. The Morgan fingerprint density at radius 1 is 1.35 bits per heavy atom. The molecule has 0 saturated carbocycles. The van der Waals surface area contributed by atoms with Gasteiger partial charge in [-0.25, -0.2) is 0 Å². The lowest BCUT2D eigenvalue weighted by Crippen LogP contribution is -2.48. The maximum absolute atomic E-state index is 12.2. The fraction of sp³-hybridized carbons (Fsp3) is 0.588. The molecule has 1 amide bonds. The van der Waals surface area contributed by atoms with Crippen LogP contribution in [0.1, 0.15) is 36.5 Å². The minimum Gasteiger partial charge on any atom is -0.353 e. The first-order chi connectivity index (χ1) is 9.72. The molecule has 1 heterocycles. The lowest BCUT2D eigenvalue weighted by molar-refractivity contribution is -0.121. The van der Waals surface area contributed by atoms with Crippen molar-refractivity contribution < 1.29 is 4.79 Å². The van der Waals surface area contributed by atoms with Gasteiger partial charge in [-0.1, -0.05) is 25.1 Å². The lowest BCUT2D eigenvalue weighted by Gasteiger charge is -2.30. The summed E-state index contributed by atoms with van der Waals surface area (Å²) in [5.41, 5.74) is 4.08. The van der Waals surface area contributed by atoms with Gasteiger partial charge in [-0.2, -0.15) is 0 Å². The number of benzene rings is 1. The molecule has 1 saturated heterocycles. The fourth-order valence-corrected chi connectivity index (χ4v) is 3.41. The van der Waals surface area contributed by atoms with Crippen LogP contribution in [0.5, 0.6) is 0 Å². The van der Waals surface area contributed by atoms with Crippen LogP contribution in [0.25, 0.3) is 0 Å². The van der Waals surface area contributed by atoms with E-state index in [1.54, 1.807) is 0 Å². The summed E-state index contributed by atoms with van der Waals surface area (Å²) >= 11 is 0. The molecule has 3 nitrogen and oxygen atoms in total. The molecule has 0 spiro atoms. The van der Waals surface area contributed by atoms with Crippen LogP contribution in [0.4, 0.5) is 0 Å². The Labute approximate surface area is 121 Å². The van der Waals surface area contributed by atoms with Gasteiger partial charge >= 0.3 is 0 Å². The molecule has 1 aromatic carbocycles. The molecule has 1 aromatic rings. The SMILES string of the molecule is CC1CNCCC1NC(=O)Cc1ccc2c(c1)CCC2. The van der Waals surface area contributed by atoms with E-state index in [0.29, 0.717) is 18.4 Å². The number of hydrogen-bond donors (Lipinski definition) is 2. The van der Waals surface area contributed by atoms with Crippen LogP contribution >= 0.6 is 0 Å². The lowest BCUT2D eigenvalue weighted by atomic mass is 9.95. The molecule has 1 aliphatic carbocycles. The Bertz CT molecular complexity index is 498.